The van der Waals surface area contributed by atoms with Gasteiger partial charge in [0.15, 0.2) is 0 Å². The van der Waals surface area contributed by atoms with Crippen LogP contribution in [0.1, 0.15) is 19.0 Å². The fourth-order valence-corrected chi connectivity index (χ4v) is 2.10. The lowest BCUT2D eigenvalue weighted by Crippen LogP contribution is -2.23. The van der Waals surface area contributed by atoms with Crippen LogP contribution in [0.25, 0.3) is 11.5 Å². The van der Waals surface area contributed by atoms with Crippen LogP contribution in [0.5, 0.6) is 5.75 Å². The van der Waals surface area contributed by atoms with E-state index in [0.717, 1.165) is 6.54 Å². The van der Waals surface area contributed by atoms with Crippen LogP contribution in [0.15, 0.2) is 34.9 Å². The molecule has 0 atom stereocenters. The highest BCUT2D eigenvalue weighted by molar-refractivity contribution is 5.54. The highest BCUT2D eigenvalue weighted by Gasteiger charge is 2.31. The van der Waals surface area contributed by atoms with Gasteiger partial charge in [0.2, 0.25) is 5.89 Å². The van der Waals surface area contributed by atoms with E-state index in [1.807, 2.05) is 11.8 Å². The molecule has 24 heavy (non-hydrogen) atoms. The second-order valence-electron chi connectivity index (χ2n) is 4.99. The molecule has 0 saturated heterocycles. The summed E-state index contributed by atoms with van der Waals surface area (Å²) < 4.78 is 45.6. The van der Waals surface area contributed by atoms with E-state index in [9.17, 15) is 13.2 Å². The molecule has 0 radical (unpaired) electrons. The van der Waals surface area contributed by atoms with Crippen molar-refractivity contribution in [2.24, 2.45) is 0 Å². The monoisotopic (exact) mass is 339 g/mol. The minimum atomic E-state index is -4.72. The van der Waals surface area contributed by atoms with Gasteiger partial charge in [-0.15, -0.1) is 13.2 Å². The molecule has 0 aliphatic rings. The predicted molar refractivity (Wildman–Crippen MR) is 79.8 cm³/mol. The molecule has 0 aliphatic carbocycles. The van der Waals surface area contributed by atoms with Crippen molar-refractivity contribution < 1.29 is 22.3 Å². The number of aromatic nitrogens is 1. The van der Waals surface area contributed by atoms with Gasteiger partial charge < -0.3 is 9.15 Å². The molecule has 1 aromatic carbocycles. The molecular weight excluding hydrogens is 323 g/mol. The second-order valence-corrected chi connectivity index (χ2v) is 4.99. The minimum absolute atomic E-state index is 0.299. The van der Waals surface area contributed by atoms with Gasteiger partial charge in [0.1, 0.15) is 12.0 Å². The molecule has 0 bridgehead atoms. The Morgan fingerprint density at radius 1 is 1.29 bits per heavy atom. The summed E-state index contributed by atoms with van der Waals surface area (Å²) >= 11 is 0. The van der Waals surface area contributed by atoms with Crippen molar-refractivity contribution in [1.29, 1.82) is 5.26 Å². The van der Waals surface area contributed by atoms with Gasteiger partial charge in [-0.2, -0.15) is 5.26 Å². The van der Waals surface area contributed by atoms with Crippen LogP contribution in [0.4, 0.5) is 13.2 Å². The summed E-state index contributed by atoms with van der Waals surface area (Å²) in [4.78, 5) is 6.37. The maximum atomic E-state index is 12.1. The molecule has 5 nitrogen and oxygen atoms in total. The second kappa shape index (κ2) is 7.84. The number of halogens is 3. The summed E-state index contributed by atoms with van der Waals surface area (Å²) in [7, 11) is 0. The van der Waals surface area contributed by atoms with Crippen LogP contribution in [-0.2, 0) is 6.54 Å². The molecule has 0 saturated carbocycles. The number of nitrogens with zero attached hydrogens (tertiary/aromatic N) is 3. The highest BCUT2D eigenvalue weighted by atomic mass is 19.4. The third kappa shape index (κ3) is 5.28. The molecule has 0 aliphatic heterocycles. The van der Waals surface area contributed by atoms with E-state index in [1.165, 1.54) is 30.5 Å². The quantitative estimate of drug-likeness (QED) is 0.764. The molecule has 8 heteroatoms. The number of hydrogen-bond acceptors (Lipinski definition) is 5. The zero-order valence-corrected chi connectivity index (χ0v) is 13.0. The Balaban J connectivity index is 2.03. The van der Waals surface area contributed by atoms with Crippen molar-refractivity contribution in [3.63, 3.8) is 0 Å². The summed E-state index contributed by atoms with van der Waals surface area (Å²) in [6, 6.07) is 7.40. The summed E-state index contributed by atoms with van der Waals surface area (Å²) in [5.41, 5.74) is 1.25. The first-order valence-corrected chi connectivity index (χ1v) is 7.31. The van der Waals surface area contributed by atoms with Gasteiger partial charge in [-0.05, 0) is 30.8 Å². The Morgan fingerprint density at radius 2 is 2.00 bits per heavy atom. The fraction of sp³-hybridized carbons (Fsp3) is 0.375. The topological polar surface area (TPSA) is 62.3 Å². The van der Waals surface area contributed by atoms with E-state index >= 15 is 0 Å². The zero-order valence-electron chi connectivity index (χ0n) is 13.0. The van der Waals surface area contributed by atoms with Crippen molar-refractivity contribution in [3.05, 3.63) is 36.2 Å². The van der Waals surface area contributed by atoms with Gasteiger partial charge in [-0.1, -0.05) is 6.92 Å². The van der Waals surface area contributed by atoms with Crippen LogP contribution < -0.4 is 4.74 Å². The first kappa shape index (κ1) is 17.8. The molecular formula is C16H16F3N3O2. The lowest BCUT2D eigenvalue weighted by atomic mass is 10.2. The van der Waals surface area contributed by atoms with Gasteiger partial charge in [-0.25, -0.2) is 4.98 Å². The van der Waals surface area contributed by atoms with Crippen molar-refractivity contribution in [2.45, 2.75) is 26.3 Å². The SMILES string of the molecule is CCN(CCC#N)Cc1coc(-c2ccc(OC(F)(F)F)cc2)n1. The van der Waals surface area contributed by atoms with Crippen molar-refractivity contribution in [1.82, 2.24) is 9.88 Å². The molecule has 2 rings (SSSR count). The molecule has 0 fully saturated rings. The summed E-state index contributed by atoms with van der Waals surface area (Å²) in [5, 5.41) is 8.63. The molecule has 0 unspecified atom stereocenters. The van der Waals surface area contributed by atoms with Gasteiger partial charge in [0.25, 0.3) is 0 Å². The van der Waals surface area contributed by atoms with Crippen molar-refractivity contribution in [2.75, 3.05) is 13.1 Å². The van der Waals surface area contributed by atoms with Crippen LogP contribution in [0.2, 0.25) is 0 Å². The van der Waals surface area contributed by atoms with Crippen molar-refractivity contribution >= 4 is 0 Å². The van der Waals surface area contributed by atoms with E-state index < -0.39 is 6.36 Å². The summed E-state index contributed by atoms with van der Waals surface area (Å²) in [6.07, 6.45) is -2.78. The van der Waals surface area contributed by atoms with Crippen LogP contribution in [0, 0.1) is 11.3 Å². The number of oxazole rings is 1. The number of nitriles is 1. The Labute approximate surface area is 137 Å². The van der Waals surface area contributed by atoms with E-state index in [2.05, 4.69) is 15.8 Å². The van der Waals surface area contributed by atoms with Crippen molar-refractivity contribution in [3.8, 4) is 23.3 Å². The Morgan fingerprint density at radius 3 is 2.58 bits per heavy atom. The lowest BCUT2D eigenvalue weighted by molar-refractivity contribution is -0.274. The summed E-state index contributed by atoms with van der Waals surface area (Å²) in [6.45, 7) is 3.93. The standard InChI is InChI=1S/C16H16F3N3O2/c1-2-22(9-3-8-20)10-13-11-23-15(21-13)12-4-6-14(7-5-12)24-16(17,18)19/h4-7,11H,2-3,9-10H2,1H3. The molecule has 1 aromatic heterocycles. The number of benzene rings is 1. The maximum absolute atomic E-state index is 12.1. The lowest BCUT2D eigenvalue weighted by Gasteiger charge is -2.16. The Bertz CT molecular complexity index is 690. The largest absolute Gasteiger partial charge is 0.573 e. The van der Waals surface area contributed by atoms with E-state index in [0.29, 0.717) is 36.7 Å². The number of rotatable bonds is 7. The van der Waals surface area contributed by atoms with Gasteiger partial charge in [-0.3, -0.25) is 4.90 Å². The molecule has 2 aromatic rings. The zero-order chi connectivity index (χ0) is 17.6. The van der Waals surface area contributed by atoms with Crippen LogP contribution in [0.3, 0.4) is 0 Å². The maximum Gasteiger partial charge on any atom is 0.573 e. The smallest absolute Gasteiger partial charge is 0.444 e. The van der Waals surface area contributed by atoms with Gasteiger partial charge in [0, 0.05) is 25.1 Å². The molecule has 0 N–H and O–H groups in total. The number of hydrogen-bond donors (Lipinski definition) is 0. The Hall–Kier alpha value is -2.53. The van der Waals surface area contributed by atoms with Crippen LogP contribution in [-0.4, -0.2) is 29.3 Å². The molecule has 0 amide bonds. The molecule has 128 valence electrons. The third-order valence-electron chi connectivity index (χ3n) is 3.26. The predicted octanol–water partition coefficient (Wildman–Crippen LogP) is 3.98. The average molecular weight is 339 g/mol. The van der Waals surface area contributed by atoms with Gasteiger partial charge >= 0.3 is 6.36 Å². The number of ether oxygens (including phenoxy) is 1. The third-order valence-corrected chi connectivity index (χ3v) is 3.26. The number of alkyl halides is 3. The van der Waals surface area contributed by atoms with Crippen LogP contribution >= 0.6 is 0 Å². The van der Waals surface area contributed by atoms with E-state index in [4.69, 9.17) is 9.68 Å². The van der Waals surface area contributed by atoms with Gasteiger partial charge in [0.05, 0.1) is 11.8 Å². The minimum Gasteiger partial charge on any atom is -0.444 e. The first-order valence-electron chi connectivity index (χ1n) is 7.31. The highest BCUT2D eigenvalue weighted by Crippen LogP contribution is 2.26. The molecule has 0 spiro atoms. The van der Waals surface area contributed by atoms with E-state index in [-0.39, 0.29) is 5.75 Å². The normalized spacial score (nSPS) is 11.5. The average Bonchev–Trinajstić information content (AvgIpc) is 2.99. The Kier molecular flexibility index (Phi) is 5.82. The summed E-state index contributed by atoms with van der Waals surface area (Å²) in [5.74, 6) is 0.0200. The first-order chi connectivity index (χ1) is 11.4. The fourth-order valence-electron chi connectivity index (χ4n) is 2.10. The molecule has 1 heterocycles. The van der Waals surface area contributed by atoms with E-state index in [1.54, 1.807) is 0 Å².